The lowest BCUT2D eigenvalue weighted by molar-refractivity contribution is -0.121. The second-order valence-electron chi connectivity index (χ2n) is 6.52. The van der Waals surface area contributed by atoms with Crippen molar-refractivity contribution in [1.82, 2.24) is 15.5 Å². The molecule has 0 atom stereocenters. The van der Waals surface area contributed by atoms with Crippen LogP contribution in [0.4, 0.5) is 0 Å². The molecule has 0 unspecified atom stereocenters. The number of carbonyl (C=O) groups excluding carboxylic acids is 1. The lowest BCUT2D eigenvalue weighted by Crippen LogP contribution is -2.39. The van der Waals surface area contributed by atoms with Gasteiger partial charge in [0.2, 0.25) is 5.91 Å². The molecule has 0 aromatic heterocycles. The fourth-order valence-electron chi connectivity index (χ4n) is 3.09. The van der Waals surface area contributed by atoms with Crippen LogP contribution < -0.4 is 10.6 Å². The molecule has 5 nitrogen and oxygen atoms in total. The summed E-state index contributed by atoms with van der Waals surface area (Å²) in [4.78, 5) is 18.6. The molecule has 0 saturated heterocycles. The number of nitrogens with zero attached hydrogens (tertiary/aromatic N) is 2. The Bertz CT molecular complexity index is 585. The zero-order valence-corrected chi connectivity index (χ0v) is 16.0. The average Bonchev–Trinajstić information content (AvgIpc) is 3.07. The maximum Gasteiger partial charge on any atom is 0.222 e. The van der Waals surface area contributed by atoms with Gasteiger partial charge in [-0.1, -0.05) is 36.6 Å². The normalized spacial score (nSPS) is 15.2. The maximum atomic E-state index is 12.0. The van der Waals surface area contributed by atoms with E-state index in [0.29, 0.717) is 25.6 Å². The molecule has 0 aliphatic heterocycles. The monoisotopic (exact) mass is 364 g/mol. The molecule has 6 heteroatoms. The third kappa shape index (κ3) is 6.94. The van der Waals surface area contributed by atoms with E-state index in [1.165, 1.54) is 12.8 Å². The van der Waals surface area contributed by atoms with Crippen molar-refractivity contribution in [2.45, 2.75) is 51.6 Å². The third-order valence-electron chi connectivity index (χ3n) is 4.33. The Balaban J connectivity index is 1.84. The standard InChI is InChI=1S/C19H29ClN4O/c1-3-21-19(24(2)14-15-7-6-8-16(20)13-15)22-12-11-18(25)23-17-9-4-5-10-17/h6-8,13,17H,3-5,9-12,14H2,1-2H3,(H,21,22)(H,23,25). The van der Waals surface area contributed by atoms with Gasteiger partial charge in [-0.15, -0.1) is 0 Å². The Labute approximate surface area is 155 Å². The van der Waals surface area contributed by atoms with Crippen molar-refractivity contribution in [1.29, 1.82) is 0 Å². The zero-order chi connectivity index (χ0) is 18.1. The first-order chi connectivity index (χ1) is 12.1. The van der Waals surface area contributed by atoms with Crippen LogP contribution in [-0.4, -0.2) is 42.9 Å². The fraction of sp³-hybridized carbons (Fsp3) is 0.579. The number of halogens is 1. The summed E-state index contributed by atoms with van der Waals surface area (Å²) in [7, 11) is 1.99. The number of hydrogen-bond acceptors (Lipinski definition) is 2. The summed E-state index contributed by atoms with van der Waals surface area (Å²) in [5.74, 6) is 0.903. The lowest BCUT2D eigenvalue weighted by Gasteiger charge is -2.22. The van der Waals surface area contributed by atoms with Crippen LogP contribution in [0.3, 0.4) is 0 Å². The van der Waals surface area contributed by atoms with Gasteiger partial charge < -0.3 is 15.5 Å². The molecular formula is C19H29ClN4O. The number of rotatable bonds is 7. The minimum absolute atomic E-state index is 0.101. The highest BCUT2D eigenvalue weighted by atomic mass is 35.5. The topological polar surface area (TPSA) is 56.7 Å². The zero-order valence-electron chi connectivity index (χ0n) is 15.2. The molecule has 1 aliphatic rings. The van der Waals surface area contributed by atoms with E-state index in [2.05, 4.69) is 15.6 Å². The Morgan fingerprint density at radius 3 is 2.80 bits per heavy atom. The predicted molar refractivity (Wildman–Crippen MR) is 104 cm³/mol. The van der Waals surface area contributed by atoms with Crippen LogP contribution in [0.5, 0.6) is 0 Å². The van der Waals surface area contributed by atoms with Gasteiger partial charge >= 0.3 is 0 Å². The van der Waals surface area contributed by atoms with Crippen LogP contribution in [0, 0.1) is 0 Å². The molecule has 1 aliphatic carbocycles. The minimum atomic E-state index is 0.101. The molecule has 1 amide bonds. The van der Waals surface area contributed by atoms with E-state index in [0.717, 1.165) is 35.9 Å². The summed E-state index contributed by atoms with van der Waals surface area (Å²) in [6.07, 6.45) is 5.10. The minimum Gasteiger partial charge on any atom is -0.357 e. The molecule has 0 heterocycles. The van der Waals surface area contributed by atoms with Crippen LogP contribution in [0.15, 0.2) is 29.3 Å². The highest BCUT2D eigenvalue weighted by Gasteiger charge is 2.16. The van der Waals surface area contributed by atoms with E-state index < -0.39 is 0 Å². The largest absolute Gasteiger partial charge is 0.357 e. The molecular weight excluding hydrogens is 336 g/mol. The highest BCUT2D eigenvalue weighted by Crippen LogP contribution is 2.17. The Morgan fingerprint density at radius 2 is 2.12 bits per heavy atom. The molecule has 0 spiro atoms. The number of hydrogen-bond donors (Lipinski definition) is 2. The Morgan fingerprint density at radius 1 is 1.36 bits per heavy atom. The summed E-state index contributed by atoms with van der Waals surface area (Å²) in [5, 5.41) is 7.11. The van der Waals surface area contributed by atoms with E-state index in [9.17, 15) is 4.79 Å². The Hall–Kier alpha value is -1.75. The highest BCUT2D eigenvalue weighted by molar-refractivity contribution is 6.30. The van der Waals surface area contributed by atoms with Crippen LogP contribution >= 0.6 is 11.6 Å². The van der Waals surface area contributed by atoms with Crippen LogP contribution in [0.25, 0.3) is 0 Å². The number of aliphatic imine (C=N–C) groups is 1. The maximum absolute atomic E-state index is 12.0. The van der Waals surface area contributed by atoms with Gasteiger partial charge in [0.05, 0.1) is 6.54 Å². The molecule has 2 rings (SSSR count). The van der Waals surface area contributed by atoms with E-state index in [4.69, 9.17) is 11.6 Å². The SMILES string of the molecule is CCNC(=NCCC(=O)NC1CCCC1)N(C)Cc1cccc(Cl)c1. The van der Waals surface area contributed by atoms with Crippen molar-refractivity contribution in [2.24, 2.45) is 4.99 Å². The van der Waals surface area contributed by atoms with Crippen LogP contribution in [-0.2, 0) is 11.3 Å². The molecule has 1 aromatic carbocycles. The molecule has 1 saturated carbocycles. The van der Waals surface area contributed by atoms with Gasteiger partial charge in [-0.05, 0) is 37.5 Å². The van der Waals surface area contributed by atoms with Crippen molar-refractivity contribution < 1.29 is 4.79 Å². The smallest absolute Gasteiger partial charge is 0.222 e. The molecule has 138 valence electrons. The van der Waals surface area contributed by atoms with Gasteiger partial charge in [-0.3, -0.25) is 9.79 Å². The summed E-state index contributed by atoms with van der Waals surface area (Å²) in [6, 6.07) is 8.18. The van der Waals surface area contributed by atoms with Crippen molar-refractivity contribution in [3.8, 4) is 0 Å². The number of guanidine groups is 1. The molecule has 1 fully saturated rings. The average molecular weight is 365 g/mol. The van der Waals surface area contributed by atoms with Gasteiger partial charge in [-0.25, -0.2) is 0 Å². The molecule has 0 bridgehead atoms. The van der Waals surface area contributed by atoms with Gasteiger partial charge in [0.15, 0.2) is 5.96 Å². The number of amides is 1. The number of nitrogens with one attached hydrogen (secondary N) is 2. The van der Waals surface area contributed by atoms with Gasteiger partial charge in [0.25, 0.3) is 0 Å². The summed E-state index contributed by atoms with van der Waals surface area (Å²) >= 11 is 6.05. The molecule has 25 heavy (non-hydrogen) atoms. The van der Waals surface area contributed by atoms with Crippen molar-refractivity contribution in [3.63, 3.8) is 0 Å². The van der Waals surface area contributed by atoms with E-state index in [-0.39, 0.29) is 5.91 Å². The van der Waals surface area contributed by atoms with Gasteiger partial charge in [0, 0.05) is 37.6 Å². The molecule has 1 aromatic rings. The van der Waals surface area contributed by atoms with Crippen LogP contribution in [0.1, 0.15) is 44.6 Å². The summed E-state index contributed by atoms with van der Waals surface area (Å²) < 4.78 is 0. The van der Waals surface area contributed by atoms with Gasteiger partial charge in [-0.2, -0.15) is 0 Å². The number of carbonyl (C=O) groups is 1. The lowest BCUT2D eigenvalue weighted by atomic mass is 10.2. The predicted octanol–water partition coefficient (Wildman–Crippen LogP) is 3.19. The van der Waals surface area contributed by atoms with Crippen LogP contribution in [0.2, 0.25) is 5.02 Å². The first-order valence-electron chi connectivity index (χ1n) is 9.11. The summed E-state index contributed by atoms with van der Waals surface area (Å²) in [5.41, 5.74) is 1.12. The molecule has 0 radical (unpaired) electrons. The van der Waals surface area contributed by atoms with E-state index >= 15 is 0 Å². The van der Waals surface area contributed by atoms with Crippen molar-refractivity contribution in [3.05, 3.63) is 34.9 Å². The third-order valence-corrected chi connectivity index (χ3v) is 4.56. The van der Waals surface area contributed by atoms with E-state index in [1.54, 1.807) is 0 Å². The first-order valence-corrected chi connectivity index (χ1v) is 9.49. The van der Waals surface area contributed by atoms with Crippen molar-refractivity contribution >= 4 is 23.5 Å². The number of benzene rings is 1. The quantitative estimate of drug-likeness (QED) is 0.577. The second kappa shape index (κ2) is 10.3. The second-order valence-corrected chi connectivity index (χ2v) is 6.96. The fourth-order valence-corrected chi connectivity index (χ4v) is 3.30. The van der Waals surface area contributed by atoms with E-state index in [1.807, 2.05) is 43.1 Å². The van der Waals surface area contributed by atoms with Gasteiger partial charge in [0.1, 0.15) is 0 Å². The first kappa shape index (κ1) is 19.6. The molecule has 2 N–H and O–H groups in total. The Kier molecular flexibility index (Phi) is 8.06. The summed E-state index contributed by atoms with van der Waals surface area (Å²) in [6.45, 7) is 4.02. The van der Waals surface area contributed by atoms with Crippen molar-refractivity contribution in [2.75, 3.05) is 20.1 Å².